The monoisotopic (exact) mass is 196 g/mol. The summed E-state index contributed by atoms with van der Waals surface area (Å²) in [6.45, 7) is 0.242. The van der Waals surface area contributed by atoms with Gasteiger partial charge in [0.05, 0.1) is 23.9 Å². The van der Waals surface area contributed by atoms with E-state index in [-0.39, 0.29) is 6.54 Å². The van der Waals surface area contributed by atoms with Gasteiger partial charge in [0.15, 0.2) is 0 Å². The van der Waals surface area contributed by atoms with E-state index in [1.165, 1.54) is 0 Å². The second-order valence-electron chi connectivity index (χ2n) is 2.36. The maximum Gasteiger partial charge on any atom is 0.120 e. The molecule has 0 bridgehead atoms. The lowest BCUT2D eigenvalue weighted by Gasteiger charge is -2.06. The van der Waals surface area contributed by atoms with Crippen LogP contribution in [-0.4, -0.2) is 13.7 Å². The third kappa shape index (κ3) is 2.53. The molecule has 68 valence electrons. The fourth-order valence-corrected chi connectivity index (χ4v) is 1.14. The molecule has 0 aliphatic heterocycles. The first-order chi connectivity index (χ1) is 6.27. The third-order valence-electron chi connectivity index (χ3n) is 1.53. The van der Waals surface area contributed by atoms with Crippen molar-refractivity contribution in [3.63, 3.8) is 0 Å². The highest BCUT2D eigenvalue weighted by molar-refractivity contribution is 6.33. The molecule has 0 fully saturated rings. The van der Waals surface area contributed by atoms with E-state index in [4.69, 9.17) is 21.6 Å². The van der Waals surface area contributed by atoms with E-state index in [1.807, 2.05) is 6.07 Å². The lowest BCUT2D eigenvalue weighted by atomic mass is 10.3. The molecule has 13 heavy (non-hydrogen) atoms. The topological polar surface area (TPSA) is 45.0 Å². The molecule has 4 heteroatoms. The summed E-state index contributed by atoms with van der Waals surface area (Å²) in [7, 11) is 1.58. The first-order valence-corrected chi connectivity index (χ1v) is 4.10. The van der Waals surface area contributed by atoms with Crippen LogP contribution >= 0.6 is 11.6 Å². The Balaban J connectivity index is 2.80. The molecule has 0 amide bonds. The molecule has 0 atom stereocenters. The van der Waals surface area contributed by atoms with Gasteiger partial charge in [-0.15, -0.1) is 0 Å². The first-order valence-electron chi connectivity index (χ1n) is 3.72. The Morgan fingerprint density at radius 2 is 2.38 bits per heavy atom. The minimum atomic E-state index is 0.242. The van der Waals surface area contributed by atoms with Crippen LogP contribution < -0.4 is 10.1 Å². The number of hydrogen-bond donors (Lipinski definition) is 1. The zero-order valence-corrected chi connectivity index (χ0v) is 7.93. The van der Waals surface area contributed by atoms with Gasteiger partial charge in [0, 0.05) is 6.07 Å². The maximum absolute atomic E-state index is 8.34. The molecule has 0 unspecified atom stereocenters. The number of methoxy groups -OCH3 is 1. The van der Waals surface area contributed by atoms with Crippen LogP contribution in [0.25, 0.3) is 0 Å². The first kappa shape index (κ1) is 9.69. The second-order valence-corrected chi connectivity index (χ2v) is 2.76. The van der Waals surface area contributed by atoms with E-state index >= 15 is 0 Å². The lowest BCUT2D eigenvalue weighted by Crippen LogP contribution is -1.98. The van der Waals surface area contributed by atoms with Gasteiger partial charge in [-0.25, -0.2) is 0 Å². The summed E-state index contributed by atoms with van der Waals surface area (Å²) >= 11 is 5.89. The van der Waals surface area contributed by atoms with E-state index < -0.39 is 0 Å². The van der Waals surface area contributed by atoms with Gasteiger partial charge in [0.1, 0.15) is 12.3 Å². The van der Waals surface area contributed by atoms with Crippen LogP contribution in [0.3, 0.4) is 0 Å². The number of rotatable bonds is 3. The molecule has 0 heterocycles. The molecule has 3 nitrogen and oxygen atoms in total. The van der Waals surface area contributed by atoms with Crippen LogP contribution in [0.5, 0.6) is 5.75 Å². The summed E-state index contributed by atoms with van der Waals surface area (Å²) < 4.78 is 4.98. The molecule has 1 rings (SSSR count). The summed E-state index contributed by atoms with van der Waals surface area (Å²) in [6.07, 6.45) is 0. The van der Waals surface area contributed by atoms with Crippen molar-refractivity contribution < 1.29 is 4.74 Å². The van der Waals surface area contributed by atoms with E-state index in [9.17, 15) is 0 Å². The number of nitrogens with one attached hydrogen (secondary N) is 1. The van der Waals surface area contributed by atoms with Crippen molar-refractivity contribution in [3.8, 4) is 11.8 Å². The number of halogens is 1. The van der Waals surface area contributed by atoms with Crippen LogP contribution in [0.15, 0.2) is 18.2 Å². The molecule has 0 saturated carbocycles. The Labute approximate surface area is 81.9 Å². The normalized spacial score (nSPS) is 9.00. The van der Waals surface area contributed by atoms with Gasteiger partial charge >= 0.3 is 0 Å². The summed E-state index contributed by atoms with van der Waals surface area (Å²) in [5.74, 6) is 0.701. The standard InChI is InChI=1S/C9H9ClN2O/c1-13-7-2-3-9(8(10)6-7)12-5-4-11/h2-3,6,12H,5H2,1H3. The number of nitriles is 1. The van der Waals surface area contributed by atoms with E-state index in [0.717, 1.165) is 5.69 Å². The Hall–Kier alpha value is -1.40. The molecule has 0 aromatic heterocycles. The average Bonchev–Trinajstić information content (AvgIpc) is 2.16. The molecule has 0 radical (unpaired) electrons. The summed E-state index contributed by atoms with van der Waals surface area (Å²) in [4.78, 5) is 0. The SMILES string of the molecule is COc1ccc(NCC#N)c(Cl)c1. The number of hydrogen-bond acceptors (Lipinski definition) is 3. The van der Waals surface area contributed by atoms with Crippen LogP contribution in [0.4, 0.5) is 5.69 Å². The number of benzene rings is 1. The zero-order chi connectivity index (χ0) is 9.68. The second kappa shape index (κ2) is 4.58. The van der Waals surface area contributed by atoms with Crippen molar-refractivity contribution in [2.75, 3.05) is 19.0 Å². The fraction of sp³-hybridized carbons (Fsp3) is 0.222. The highest BCUT2D eigenvalue weighted by atomic mass is 35.5. The van der Waals surface area contributed by atoms with Crippen LogP contribution in [0.2, 0.25) is 5.02 Å². The third-order valence-corrected chi connectivity index (χ3v) is 1.85. The van der Waals surface area contributed by atoms with Crippen molar-refractivity contribution >= 4 is 17.3 Å². The van der Waals surface area contributed by atoms with Gasteiger partial charge in [0.2, 0.25) is 0 Å². The predicted molar refractivity (Wildman–Crippen MR) is 52.1 cm³/mol. The molecule has 1 aromatic rings. The highest BCUT2D eigenvalue weighted by Crippen LogP contribution is 2.26. The van der Waals surface area contributed by atoms with Crippen molar-refractivity contribution in [2.45, 2.75) is 0 Å². The number of ether oxygens (including phenoxy) is 1. The van der Waals surface area contributed by atoms with Crippen molar-refractivity contribution in [2.24, 2.45) is 0 Å². The van der Waals surface area contributed by atoms with Crippen LogP contribution in [-0.2, 0) is 0 Å². The zero-order valence-electron chi connectivity index (χ0n) is 7.17. The van der Waals surface area contributed by atoms with Gasteiger partial charge in [-0.05, 0) is 12.1 Å². The van der Waals surface area contributed by atoms with Gasteiger partial charge in [0.25, 0.3) is 0 Å². The molecular weight excluding hydrogens is 188 g/mol. The van der Waals surface area contributed by atoms with Crippen molar-refractivity contribution in [1.82, 2.24) is 0 Å². The molecular formula is C9H9ClN2O. The molecule has 0 aliphatic rings. The summed E-state index contributed by atoms with van der Waals surface area (Å²) in [6, 6.07) is 7.23. The van der Waals surface area contributed by atoms with Crippen LogP contribution in [0.1, 0.15) is 0 Å². The average molecular weight is 197 g/mol. The quantitative estimate of drug-likeness (QED) is 0.755. The fourth-order valence-electron chi connectivity index (χ4n) is 0.901. The molecule has 0 aliphatic carbocycles. The largest absolute Gasteiger partial charge is 0.497 e. The predicted octanol–water partition coefficient (Wildman–Crippen LogP) is 2.28. The van der Waals surface area contributed by atoms with E-state index in [1.54, 1.807) is 25.3 Å². The number of anilines is 1. The van der Waals surface area contributed by atoms with E-state index in [2.05, 4.69) is 5.32 Å². The smallest absolute Gasteiger partial charge is 0.120 e. The minimum absolute atomic E-state index is 0.242. The molecule has 1 aromatic carbocycles. The van der Waals surface area contributed by atoms with Crippen molar-refractivity contribution in [3.05, 3.63) is 23.2 Å². The Morgan fingerprint density at radius 1 is 1.62 bits per heavy atom. The minimum Gasteiger partial charge on any atom is -0.497 e. The maximum atomic E-state index is 8.34. The highest BCUT2D eigenvalue weighted by Gasteiger charge is 2.00. The van der Waals surface area contributed by atoms with Crippen molar-refractivity contribution in [1.29, 1.82) is 5.26 Å². The summed E-state index contributed by atoms with van der Waals surface area (Å²) in [5.41, 5.74) is 0.740. The summed E-state index contributed by atoms with van der Waals surface area (Å²) in [5, 5.41) is 11.8. The van der Waals surface area contributed by atoms with Gasteiger partial charge in [-0.3, -0.25) is 0 Å². The lowest BCUT2D eigenvalue weighted by molar-refractivity contribution is 0.415. The Morgan fingerprint density at radius 3 is 2.92 bits per heavy atom. The molecule has 0 spiro atoms. The van der Waals surface area contributed by atoms with Gasteiger partial charge < -0.3 is 10.1 Å². The van der Waals surface area contributed by atoms with Gasteiger partial charge in [-0.2, -0.15) is 5.26 Å². The number of nitrogens with zero attached hydrogens (tertiary/aromatic N) is 1. The Bertz CT molecular complexity index is 333. The van der Waals surface area contributed by atoms with Gasteiger partial charge in [-0.1, -0.05) is 11.6 Å². The van der Waals surface area contributed by atoms with Crippen LogP contribution in [0, 0.1) is 11.3 Å². The molecule has 1 N–H and O–H groups in total. The van der Waals surface area contributed by atoms with E-state index in [0.29, 0.717) is 10.8 Å². The molecule has 0 saturated heterocycles. The Kier molecular flexibility index (Phi) is 3.41.